The lowest BCUT2D eigenvalue weighted by atomic mass is 9.88. The SMILES string of the molecule is C=C1C(=O)c2cc(Br)ccc2OC1(C)C. The van der Waals surface area contributed by atoms with Gasteiger partial charge in [0.1, 0.15) is 11.4 Å². The van der Waals surface area contributed by atoms with Gasteiger partial charge in [0.05, 0.1) is 5.56 Å². The van der Waals surface area contributed by atoms with E-state index in [1.165, 1.54) is 0 Å². The van der Waals surface area contributed by atoms with E-state index >= 15 is 0 Å². The Morgan fingerprint density at radius 3 is 2.73 bits per heavy atom. The van der Waals surface area contributed by atoms with Gasteiger partial charge in [0.15, 0.2) is 5.78 Å². The first-order valence-corrected chi connectivity index (χ1v) is 5.44. The van der Waals surface area contributed by atoms with Gasteiger partial charge in [-0.25, -0.2) is 0 Å². The summed E-state index contributed by atoms with van der Waals surface area (Å²) < 4.78 is 6.58. The summed E-state index contributed by atoms with van der Waals surface area (Å²) in [6.07, 6.45) is 0. The number of rotatable bonds is 0. The number of carbonyl (C=O) groups excluding carboxylic acids is 1. The number of hydrogen-bond donors (Lipinski definition) is 0. The molecule has 0 aliphatic carbocycles. The van der Waals surface area contributed by atoms with Crippen LogP contribution in [0.4, 0.5) is 0 Å². The molecule has 1 aromatic carbocycles. The highest BCUT2D eigenvalue weighted by molar-refractivity contribution is 9.10. The third-order valence-electron chi connectivity index (χ3n) is 2.55. The van der Waals surface area contributed by atoms with Crippen molar-refractivity contribution in [1.29, 1.82) is 0 Å². The Balaban J connectivity index is 2.60. The van der Waals surface area contributed by atoms with Crippen molar-refractivity contribution in [2.75, 3.05) is 0 Å². The van der Waals surface area contributed by atoms with Crippen molar-refractivity contribution in [1.82, 2.24) is 0 Å². The van der Waals surface area contributed by atoms with Gasteiger partial charge in [0.25, 0.3) is 0 Å². The fourth-order valence-electron chi connectivity index (χ4n) is 1.54. The van der Waals surface area contributed by atoms with Gasteiger partial charge in [-0.3, -0.25) is 4.79 Å². The van der Waals surface area contributed by atoms with Crippen LogP contribution in [0.2, 0.25) is 0 Å². The van der Waals surface area contributed by atoms with E-state index in [4.69, 9.17) is 4.74 Å². The van der Waals surface area contributed by atoms with Gasteiger partial charge in [-0.1, -0.05) is 22.5 Å². The van der Waals surface area contributed by atoms with Crippen LogP contribution in [0.5, 0.6) is 5.75 Å². The van der Waals surface area contributed by atoms with E-state index in [1.54, 1.807) is 12.1 Å². The summed E-state index contributed by atoms with van der Waals surface area (Å²) in [6, 6.07) is 5.42. The lowest BCUT2D eigenvalue weighted by molar-refractivity contribution is 0.0859. The smallest absolute Gasteiger partial charge is 0.196 e. The molecule has 0 amide bonds. The zero-order chi connectivity index (χ0) is 11.2. The molecule has 0 fully saturated rings. The standard InChI is InChI=1S/C12H11BrO2/c1-7-11(14)9-6-8(13)4-5-10(9)15-12(7,2)3/h4-6H,1H2,2-3H3. The van der Waals surface area contributed by atoms with E-state index in [0.717, 1.165) is 4.47 Å². The summed E-state index contributed by atoms with van der Waals surface area (Å²) >= 11 is 3.33. The van der Waals surface area contributed by atoms with Crippen LogP contribution in [-0.4, -0.2) is 11.4 Å². The molecule has 0 spiro atoms. The lowest BCUT2D eigenvalue weighted by Crippen LogP contribution is -2.38. The third-order valence-corrected chi connectivity index (χ3v) is 3.05. The van der Waals surface area contributed by atoms with Crippen LogP contribution in [0.3, 0.4) is 0 Å². The maximum atomic E-state index is 12.0. The van der Waals surface area contributed by atoms with Crippen LogP contribution < -0.4 is 4.74 Å². The Hall–Kier alpha value is -1.09. The van der Waals surface area contributed by atoms with E-state index in [-0.39, 0.29) is 5.78 Å². The molecule has 1 aromatic rings. The van der Waals surface area contributed by atoms with Crippen molar-refractivity contribution in [2.45, 2.75) is 19.4 Å². The van der Waals surface area contributed by atoms with Crippen LogP contribution in [0, 0.1) is 0 Å². The average molecular weight is 267 g/mol. The van der Waals surface area contributed by atoms with Crippen molar-refractivity contribution in [3.05, 3.63) is 40.4 Å². The molecule has 15 heavy (non-hydrogen) atoms. The molecule has 0 saturated heterocycles. The van der Waals surface area contributed by atoms with Crippen molar-refractivity contribution >= 4 is 21.7 Å². The summed E-state index contributed by atoms with van der Waals surface area (Å²) in [5.41, 5.74) is 0.458. The van der Waals surface area contributed by atoms with Crippen LogP contribution >= 0.6 is 15.9 Å². The minimum atomic E-state index is -0.613. The second-order valence-corrected chi connectivity index (χ2v) is 4.98. The van der Waals surface area contributed by atoms with Gasteiger partial charge in [0, 0.05) is 10.0 Å². The van der Waals surface area contributed by atoms with Crippen molar-refractivity contribution in [3.8, 4) is 5.75 Å². The minimum Gasteiger partial charge on any atom is -0.482 e. The Labute approximate surface area is 97.1 Å². The summed E-state index contributed by atoms with van der Waals surface area (Å²) in [4.78, 5) is 12.0. The molecule has 0 saturated carbocycles. The largest absolute Gasteiger partial charge is 0.482 e. The average Bonchev–Trinajstić information content (AvgIpc) is 2.16. The monoisotopic (exact) mass is 266 g/mol. The van der Waals surface area contributed by atoms with Crippen molar-refractivity contribution in [2.24, 2.45) is 0 Å². The fourth-order valence-corrected chi connectivity index (χ4v) is 1.90. The van der Waals surface area contributed by atoms with E-state index in [0.29, 0.717) is 16.9 Å². The predicted octanol–water partition coefficient (Wildman–Crippen LogP) is 3.36. The molecule has 0 atom stereocenters. The quantitative estimate of drug-likeness (QED) is 0.674. The van der Waals surface area contributed by atoms with Crippen LogP contribution in [0.15, 0.2) is 34.8 Å². The highest BCUT2D eigenvalue weighted by atomic mass is 79.9. The third kappa shape index (κ3) is 1.61. The second-order valence-electron chi connectivity index (χ2n) is 4.06. The topological polar surface area (TPSA) is 26.3 Å². The molecule has 0 aromatic heterocycles. The summed E-state index contributed by atoms with van der Waals surface area (Å²) in [6.45, 7) is 7.48. The molecule has 1 aliphatic rings. The number of halogens is 1. The molecule has 1 heterocycles. The number of ketones is 1. The van der Waals surface area contributed by atoms with Crippen molar-refractivity contribution < 1.29 is 9.53 Å². The first kappa shape index (κ1) is 10.4. The second kappa shape index (κ2) is 3.20. The summed E-state index contributed by atoms with van der Waals surface area (Å²) in [7, 11) is 0. The van der Waals surface area contributed by atoms with Gasteiger partial charge in [-0.15, -0.1) is 0 Å². The van der Waals surface area contributed by atoms with E-state index < -0.39 is 5.60 Å². The Kier molecular flexibility index (Phi) is 2.23. The molecule has 2 nitrogen and oxygen atoms in total. The molecule has 0 radical (unpaired) electrons. The Morgan fingerprint density at radius 1 is 1.40 bits per heavy atom. The highest BCUT2D eigenvalue weighted by Gasteiger charge is 2.36. The number of hydrogen-bond acceptors (Lipinski definition) is 2. The first-order chi connectivity index (χ1) is 6.92. The number of Topliss-reactive ketones (excluding diaryl/α,β-unsaturated/α-hetero) is 1. The zero-order valence-electron chi connectivity index (χ0n) is 8.63. The molecular formula is C12H11BrO2. The van der Waals surface area contributed by atoms with Crippen molar-refractivity contribution in [3.63, 3.8) is 0 Å². The van der Waals surface area contributed by atoms with Gasteiger partial charge in [-0.2, -0.15) is 0 Å². The fraction of sp³-hybridized carbons (Fsp3) is 0.250. The molecule has 78 valence electrons. The Bertz CT molecular complexity index is 461. The highest BCUT2D eigenvalue weighted by Crippen LogP contribution is 2.36. The van der Waals surface area contributed by atoms with Gasteiger partial charge < -0.3 is 4.74 Å². The van der Waals surface area contributed by atoms with Crippen LogP contribution in [0.1, 0.15) is 24.2 Å². The summed E-state index contributed by atoms with van der Waals surface area (Å²) in [5.74, 6) is 0.586. The maximum absolute atomic E-state index is 12.0. The molecule has 0 bridgehead atoms. The number of fused-ring (bicyclic) bond motifs is 1. The maximum Gasteiger partial charge on any atom is 0.196 e. The number of benzene rings is 1. The number of ether oxygens (including phenoxy) is 1. The zero-order valence-corrected chi connectivity index (χ0v) is 10.2. The molecule has 2 rings (SSSR count). The molecule has 0 N–H and O–H groups in total. The van der Waals surface area contributed by atoms with E-state index in [2.05, 4.69) is 22.5 Å². The lowest BCUT2D eigenvalue weighted by Gasteiger charge is -2.33. The van der Waals surface area contributed by atoms with Gasteiger partial charge in [0.2, 0.25) is 0 Å². The van der Waals surface area contributed by atoms with Crippen LogP contribution in [-0.2, 0) is 0 Å². The predicted molar refractivity (Wildman–Crippen MR) is 62.3 cm³/mol. The molecule has 3 heteroatoms. The molecule has 0 unspecified atom stereocenters. The molecular weight excluding hydrogens is 256 g/mol. The van der Waals surface area contributed by atoms with Gasteiger partial charge >= 0.3 is 0 Å². The van der Waals surface area contributed by atoms with Crippen LogP contribution in [0.25, 0.3) is 0 Å². The van der Waals surface area contributed by atoms with E-state index in [1.807, 2.05) is 19.9 Å². The number of carbonyl (C=O) groups is 1. The molecule has 1 aliphatic heterocycles. The normalized spacial score (nSPS) is 18.3. The first-order valence-electron chi connectivity index (χ1n) is 4.64. The van der Waals surface area contributed by atoms with E-state index in [9.17, 15) is 4.79 Å². The summed E-state index contributed by atoms with van der Waals surface area (Å²) in [5, 5.41) is 0. The van der Waals surface area contributed by atoms with Gasteiger partial charge in [-0.05, 0) is 32.0 Å². The Morgan fingerprint density at radius 2 is 2.07 bits per heavy atom. The minimum absolute atomic E-state index is 0.0393.